The van der Waals surface area contributed by atoms with Crippen LogP contribution < -0.4 is 0 Å². The van der Waals surface area contributed by atoms with Crippen molar-refractivity contribution < 1.29 is 19.8 Å². The Morgan fingerprint density at radius 3 is 1.71 bits per heavy atom. The van der Waals surface area contributed by atoms with Gasteiger partial charge in [-0.15, -0.1) is 0 Å². The predicted molar refractivity (Wildman–Crippen MR) is 133 cm³/mol. The number of ketones is 2. The molecular formula is C30H44O4. The van der Waals surface area contributed by atoms with Gasteiger partial charge in [0, 0.05) is 23.7 Å². The van der Waals surface area contributed by atoms with Gasteiger partial charge in [0.2, 0.25) is 0 Å². The maximum Gasteiger partial charge on any atom is 0.187 e. The molecule has 0 heterocycles. The molecule has 2 bridgehead atoms. The first-order chi connectivity index (χ1) is 15.4. The maximum atomic E-state index is 14.1. The first-order valence-electron chi connectivity index (χ1n) is 13.4. The molecular weight excluding hydrogens is 424 g/mol. The average molecular weight is 469 g/mol. The minimum Gasteiger partial charge on any atom is -0.382 e. The highest BCUT2D eigenvalue weighted by Gasteiger charge is 2.70. The molecule has 34 heavy (non-hydrogen) atoms. The second-order valence-electron chi connectivity index (χ2n) is 14.4. The third-order valence-electron chi connectivity index (χ3n) is 12.3. The van der Waals surface area contributed by atoms with E-state index in [-0.39, 0.29) is 39.1 Å². The summed E-state index contributed by atoms with van der Waals surface area (Å²) in [5, 5.41) is 23.2. The van der Waals surface area contributed by atoms with Crippen LogP contribution in [0.15, 0.2) is 23.3 Å². The molecule has 3 saturated carbocycles. The van der Waals surface area contributed by atoms with Gasteiger partial charge in [0.05, 0.1) is 0 Å². The SMILES string of the molecule is CC1(O)C(=O)C2C([C@]3(C)CCCC3(C)C)=CC1C1C2C([C@]2(C)CCCC2(C)C)=CC(=O)[C@@]1(C)O. The van der Waals surface area contributed by atoms with E-state index in [1.54, 1.807) is 19.9 Å². The van der Waals surface area contributed by atoms with E-state index in [0.29, 0.717) is 0 Å². The topological polar surface area (TPSA) is 74.6 Å². The van der Waals surface area contributed by atoms with Crippen LogP contribution in [-0.2, 0) is 9.59 Å². The Hall–Kier alpha value is -1.26. The molecule has 0 aliphatic heterocycles. The van der Waals surface area contributed by atoms with Crippen molar-refractivity contribution >= 4 is 11.6 Å². The van der Waals surface area contributed by atoms with Gasteiger partial charge in [0.25, 0.3) is 0 Å². The molecule has 2 N–H and O–H groups in total. The normalized spacial score (nSPS) is 51.4. The number of Topliss-reactive ketones (excluding diaryl/α,β-unsaturated/α-hetero) is 1. The smallest absolute Gasteiger partial charge is 0.187 e. The van der Waals surface area contributed by atoms with Gasteiger partial charge < -0.3 is 10.2 Å². The molecule has 0 radical (unpaired) electrons. The van der Waals surface area contributed by atoms with Crippen LogP contribution in [0.3, 0.4) is 0 Å². The van der Waals surface area contributed by atoms with E-state index < -0.39 is 29.0 Å². The summed E-state index contributed by atoms with van der Waals surface area (Å²) in [6.45, 7) is 17.0. The fourth-order valence-corrected chi connectivity index (χ4v) is 9.06. The fraction of sp³-hybridized carbons (Fsp3) is 0.800. The quantitative estimate of drug-likeness (QED) is 0.531. The number of carbonyl (C=O) groups is 2. The molecule has 0 amide bonds. The van der Waals surface area contributed by atoms with Crippen LogP contribution in [0.1, 0.15) is 93.9 Å². The number of fused-ring (bicyclic) bond motifs is 1. The van der Waals surface area contributed by atoms with Crippen molar-refractivity contribution in [3.05, 3.63) is 23.3 Å². The zero-order chi connectivity index (χ0) is 25.3. The Morgan fingerprint density at radius 2 is 1.24 bits per heavy atom. The lowest BCUT2D eigenvalue weighted by Crippen LogP contribution is -2.69. The molecule has 5 unspecified atom stereocenters. The summed E-state index contributed by atoms with van der Waals surface area (Å²) in [5.41, 5.74) is -1.28. The van der Waals surface area contributed by atoms with Crippen molar-refractivity contribution in [2.75, 3.05) is 0 Å². The first kappa shape index (κ1) is 24.4. The number of hydrogen-bond donors (Lipinski definition) is 2. The van der Waals surface area contributed by atoms with Crippen LogP contribution in [0, 0.1) is 45.3 Å². The molecule has 0 spiro atoms. The van der Waals surface area contributed by atoms with Crippen molar-refractivity contribution in [1.82, 2.24) is 0 Å². The van der Waals surface area contributed by atoms with Crippen molar-refractivity contribution in [2.45, 2.75) is 105 Å². The Bertz CT molecular complexity index is 1020. The van der Waals surface area contributed by atoms with Gasteiger partial charge in [-0.3, -0.25) is 9.59 Å². The Balaban J connectivity index is 1.77. The minimum absolute atomic E-state index is 0.00444. The first-order valence-corrected chi connectivity index (χ1v) is 13.4. The lowest BCUT2D eigenvalue weighted by atomic mass is 9.41. The van der Waals surface area contributed by atoms with E-state index in [0.717, 1.165) is 49.7 Å². The van der Waals surface area contributed by atoms with Crippen LogP contribution in [-0.4, -0.2) is 33.0 Å². The van der Waals surface area contributed by atoms with Crippen molar-refractivity contribution in [1.29, 1.82) is 0 Å². The highest BCUT2D eigenvalue weighted by Crippen LogP contribution is 2.70. The highest BCUT2D eigenvalue weighted by atomic mass is 16.3. The molecule has 6 aliphatic carbocycles. The zero-order valence-corrected chi connectivity index (χ0v) is 22.4. The largest absolute Gasteiger partial charge is 0.382 e. The van der Waals surface area contributed by atoms with E-state index in [2.05, 4.69) is 47.6 Å². The number of allylic oxidation sites excluding steroid dienone is 2. The molecule has 188 valence electrons. The van der Waals surface area contributed by atoms with Gasteiger partial charge in [-0.2, -0.15) is 0 Å². The van der Waals surface area contributed by atoms with Crippen LogP contribution in [0.2, 0.25) is 0 Å². The average Bonchev–Trinajstić information content (AvgIpc) is 3.16. The van der Waals surface area contributed by atoms with E-state index in [1.165, 1.54) is 0 Å². The molecule has 6 rings (SSSR count). The summed E-state index contributed by atoms with van der Waals surface area (Å²) in [6, 6.07) is 0. The molecule has 6 aliphatic rings. The molecule has 4 nitrogen and oxygen atoms in total. The molecule has 4 heteroatoms. The lowest BCUT2D eigenvalue weighted by Gasteiger charge is -2.63. The van der Waals surface area contributed by atoms with E-state index in [1.807, 2.05) is 0 Å². The van der Waals surface area contributed by atoms with E-state index >= 15 is 0 Å². The molecule has 0 aromatic heterocycles. The second kappa shape index (κ2) is 6.73. The van der Waals surface area contributed by atoms with E-state index in [9.17, 15) is 19.8 Å². The van der Waals surface area contributed by atoms with Gasteiger partial charge in [0.15, 0.2) is 11.6 Å². The maximum absolute atomic E-state index is 14.1. The van der Waals surface area contributed by atoms with Gasteiger partial charge in [-0.05, 0) is 67.3 Å². The van der Waals surface area contributed by atoms with Crippen molar-refractivity contribution in [3.8, 4) is 0 Å². The van der Waals surface area contributed by atoms with Crippen molar-refractivity contribution in [2.24, 2.45) is 45.3 Å². The fourth-order valence-electron chi connectivity index (χ4n) is 9.06. The van der Waals surface area contributed by atoms with Crippen LogP contribution in [0.4, 0.5) is 0 Å². The third-order valence-corrected chi connectivity index (χ3v) is 12.3. The molecule has 0 saturated heterocycles. The number of hydrogen-bond acceptors (Lipinski definition) is 4. The van der Waals surface area contributed by atoms with Gasteiger partial charge in [-0.25, -0.2) is 0 Å². The summed E-state index contributed by atoms with van der Waals surface area (Å²) >= 11 is 0. The van der Waals surface area contributed by atoms with Crippen LogP contribution >= 0.6 is 0 Å². The Morgan fingerprint density at radius 1 is 0.735 bits per heavy atom. The summed E-state index contributed by atoms with van der Waals surface area (Å²) in [4.78, 5) is 27.6. The molecule has 0 aromatic carbocycles. The standard InChI is InChI=1S/C30H44O4/c1-25(2)11-9-13-27(25,5)17-15-19-23-21(22(17)24(32)29(19,7)33)18(16-20(31)30(23,8)34)28(6)14-10-12-26(28,3)4/h15-16,19,21-23,33-34H,9-14H2,1-8H3/t19?,21?,22?,23?,27-,28-,29?,30+/m0/s1. The van der Waals surface area contributed by atoms with Gasteiger partial charge in [-0.1, -0.05) is 71.6 Å². The summed E-state index contributed by atoms with van der Waals surface area (Å²) in [5.74, 6) is -2.20. The number of aliphatic hydroxyl groups is 2. The molecule has 0 aromatic rings. The van der Waals surface area contributed by atoms with E-state index in [4.69, 9.17) is 0 Å². The second-order valence-corrected chi connectivity index (χ2v) is 14.4. The molecule has 8 atom stereocenters. The summed E-state index contributed by atoms with van der Waals surface area (Å²) in [7, 11) is 0. The predicted octanol–water partition coefficient (Wildman–Crippen LogP) is 5.42. The zero-order valence-electron chi connectivity index (χ0n) is 22.4. The summed E-state index contributed by atoms with van der Waals surface area (Å²) in [6.07, 6.45) is 10.3. The minimum atomic E-state index is -1.60. The van der Waals surface area contributed by atoms with Crippen LogP contribution in [0.25, 0.3) is 0 Å². The Labute approximate surface area is 205 Å². The monoisotopic (exact) mass is 468 g/mol. The van der Waals surface area contributed by atoms with Crippen LogP contribution in [0.5, 0.6) is 0 Å². The molecule has 3 fully saturated rings. The summed E-state index contributed by atoms with van der Waals surface area (Å²) < 4.78 is 0. The Kier molecular flexibility index (Phi) is 4.84. The lowest BCUT2D eigenvalue weighted by molar-refractivity contribution is -0.181. The van der Waals surface area contributed by atoms with Gasteiger partial charge >= 0.3 is 0 Å². The van der Waals surface area contributed by atoms with Gasteiger partial charge in [0.1, 0.15) is 11.2 Å². The van der Waals surface area contributed by atoms with Crippen molar-refractivity contribution in [3.63, 3.8) is 0 Å². The third kappa shape index (κ3) is 2.68. The number of rotatable bonds is 2. The number of carbonyl (C=O) groups excluding carboxylic acids is 2. The highest BCUT2D eigenvalue weighted by molar-refractivity contribution is 6.02.